The molecule has 21 heavy (non-hydrogen) atoms. The van der Waals surface area contributed by atoms with Gasteiger partial charge in [-0.1, -0.05) is 23.2 Å². The summed E-state index contributed by atoms with van der Waals surface area (Å²) < 4.78 is 31.3. The Labute approximate surface area is 172 Å². The Balaban J connectivity index is 0.00000220. The molecule has 0 saturated carbocycles. The van der Waals surface area contributed by atoms with Crippen LogP contribution in [0.25, 0.3) is 0 Å². The normalized spacial score (nSPS) is 10.8. The number of halogens is 2. The van der Waals surface area contributed by atoms with Gasteiger partial charge < -0.3 is 0 Å². The van der Waals surface area contributed by atoms with Crippen LogP contribution in [0, 0.1) is 0 Å². The molecule has 0 radical (unpaired) electrons. The first kappa shape index (κ1) is 19.2. The standard InChI is InChI=1S/C13H8Cl2O4S.Ba.2H/c14-10-4-1-8(2-5-10)13(16)9-3-6-11(15)12(7-9)20(17,18)19;;;/h1-7H,(H,17,18,19);;;. The van der Waals surface area contributed by atoms with E-state index >= 15 is 0 Å². The summed E-state index contributed by atoms with van der Waals surface area (Å²) in [4.78, 5) is 11.7. The van der Waals surface area contributed by atoms with Crippen molar-refractivity contribution in [1.29, 1.82) is 0 Å². The Morgan fingerprint density at radius 2 is 1.48 bits per heavy atom. The zero-order chi connectivity index (χ0) is 14.9. The van der Waals surface area contributed by atoms with Crippen LogP contribution in [0.1, 0.15) is 15.9 Å². The summed E-state index contributed by atoms with van der Waals surface area (Å²) in [6, 6.07) is 9.80. The first-order valence-corrected chi connectivity index (χ1v) is 7.56. The summed E-state index contributed by atoms with van der Waals surface area (Å²) in [5, 5.41) is 0.330. The third kappa shape index (κ3) is 4.82. The van der Waals surface area contributed by atoms with Gasteiger partial charge in [-0.05, 0) is 42.5 Å². The third-order valence-corrected chi connectivity index (χ3v) is 4.16. The van der Waals surface area contributed by atoms with Crippen LogP contribution >= 0.6 is 23.2 Å². The third-order valence-electron chi connectivity index (χ3n) is 2.58. The first-order valence-electron chi connectivity index (χ1n) is 5.36. The predicted molar refractivity (Wildman–Crippen MR) is 84.7 cm³/mol. The number of benzene rings is 2. The quantitative estimate of drug-likeness (QED) is 0.425. The van der Waals surface area contributed by atoms with Crippen molar-refractivity contribution in [1.82, 2.24) is 0 Å². The molecule has 0 spiro atoms. The molecule has 0 unspecified atom stereocenters. The molecular formula is C13H10BaCl2O4S. The summed E-state index contributed by atoms with van der Waals surface area (Å²) in [6.07, 6.45) is 0. The van der Waals surface area contributed by atoms with Crippen molar-refractivity contribution < 1.29 is 17.8 Å². The van der Waals surface area contributed by atoms with Crippen molar-refractivity contribution in [3.63, 3.8) is 0 Å². The van der Waals surface area contributed by atoms with Gasteiger partial charge in [-0.2, -0.15) is 8.42 Å². The van der Waals surface area contributed by atoms with Gasteiger partial charge in [-0.15, -0.1) is 0 Å². The van der Waals surface area contributed by atoms with Crippen LogP contribution < -0.4 is 0 Å². The molecule has 0 amide bonds. The van der Waals surface area contributed by atoms with Gasteiger partial charge in [0.1, 0.15) is 4.90 Å². The monoisotopic (exact) mass is 470 g/mol. The van der Waals surface area contributed by atoms with Gasteiger partial charge in [0.25, 0.3) is 10.1 Å². The van der Waals surface area contributed by atoms with E-state index in [1.807, 2.05) is 0 Å². The number of carbonyl (C=O) groups excluding carboxylic acids is 1. The number of hydrogen-bond acceptors (Lipinski definition) is 3. The number of ketones is 1. The zero-order valence-corrected chi connectivity index (χ0v) is 12.2. The Bertz CT molecular complexity index is 773. The Hall–Kier alpha value is 0.171. The molecule has 0 aliphatic carbocycles. The van der Waals surface area contributed by atoms with Crippen LogP contribution in [0.2, 0.25) is 10.0 Å². The molecule has 4 nitrogen and oxygen atoms in total. The van der Waals surface area contributed by atoms with E-state index in [1.54, 1.807) is 12.1 Å². The summed E-state index contributed by atoms with van der Waals surface area (Å²) in [5.74, 6) is -0.400. The van der Waals surface area contributed by atoms with Gasteiger partial charge in [-0.3, -0.25) is 9.35 Å². The van der Waals surface area contributed by atoms with Gasteiger partial charge in [-0.25, -0.2) is 0 Å². The molecule has 2 rings (SSSR count). The summed E-state index contributed by atoms with van der Waals surface area (Å²) in [7, 11) is -4.48. The average molecular weight is 471 g/mol. The zero-order valence-electron chi connectivity index (χ0n) is 9.88. The van der Waals surface area contributed by atoms with Crippen LogP contribution in [0.5, 0.6) is 0 Å². The number of carbonyl (C=O) groups is 1. The molecule has 0 aliphatic heterocycles. The fourth-order valence-electron chi connectivity index (χ4n) is 1.61. The van der Waals surface area contributed by atoms with E-state index in [0.717, 1.165) is 6.07 Å². The van der Waals surface area contributed by atoms with E-state index in [-0.39, 0.29) is 59.5 Å². The van der Waals surface area contributed by atoms with E-state index in [0.29, 0.717) is 10.6 Å². The van der Waals surface area contributed by atoms with Gasteiger partial charge in [0.15, 0.2) is 5.78 Å². The molecule has 108 valence electrons. The molecule has 0 aliphatic rings. The minimum atomic E-state index is -4.48. The van der Waals surface area contributed by atoms with Crippen LogP contribution in [-0.4, -0.2) is 67.6 Å². The van der Waals surface area contributed by atoms with E-state index in [1.165, 1.54) is 24.3 Å². The van der Waals surface area contributed by atoms with Crippen LogP contribution in [0.3, 0.4) is 0 Å². The summed E-state index contributed by atoms with van der Waals surface area (Å²) in [5.41, 5.74) is 0.447. The molecule has 0 saturated heterocycles. The minimum absolute atomic E-state index is 0. The van der Waals surface area contributed by atoms with Gasteiger partial charge in [0, 0.05) is 16.1 Å². The Kier molecular flexibility index (Phi) is 6.98. The van der Waals surface area contributed by atoms with Crippen LogP contribution in [0.4, 0.5) is 0 Å². The molecule has 1 N–H and O–H groups in total. The molecule has 8 heteroatoms. The average Bonchev–Trinajstić information content (AvgIpc) is 2.38. The molecule has 0 aromatic heterocycles. The fraction of sp³-hybridized carbons (Fsp3) is 0. The van der Waals surface area contributed by atoms with Crippen molar-refractivity contribution in [3.05, 3.63) is 63.6 Å². The van der Waals surface area contributed by atoms with Crippen LogP contribution in [0.15, 0.2) is 47.4 Å². The topological polar surface area (TPSA) is 71.4 Å². The van der Waals surface area contributed by atoms with Crippen molar-refractivity contribution in [2.45, 2.75) is 4.90 Å². The second kappa shape index (κ2) is 7.63. The van der Waals surface area contributed by atoms with Gasteiger partial charge in [0.2, 0.25) is 0 Å². The fourth-order valence-corrected chi connectivity index (χ4v) is 2.74. The molecular weight excluding hydrogens is 460 g/mol. The van der Waals surface area contributed by atoms with E-state index < -0.39 is 20.8 Å². The molecule has 0 heterocycles. The molecule has 0 bridgehead atoms. The second-order valence-electron chi connectivity index (χ2n) is 3.96. The van der Waals surface area contributed by atoms with Crippen molar-refractivity contribution in [2.75, 3.05) is 0 Å². The molecule has 2 aromatic rings. The Morgan fingerprint density at radius 3 is 2.00 bits per heavy atom. The molecule has 0 fully saturated rings. The van der Waals surface area contributed by atoms with Gasteiger partial charge >= 0.3 is 48.9 Å². The summed E-state index contributed by atoms with van der Waals surface area (Å²) in [6.45, 7) is 0. The molecule has 0 atom stereocenters. The molecule has 2 aromatic carbocycles. The first-order chi connectivity index (χ1) is 9.29. The van der Waals surface area contributed by atoms with Crippen LogP contribution in [-0.2, 0) is 10.1 Å². The van der Waals surface area contributed by atoms with Gasteiger partial charge in [0.05, 0.1) is 5.02 Å². The number of rotatable bonds is 3. The van der Waals surface area contributed by atoms with E-state index in [4.69, 9.17) is 27.8 Å². The van der Waals surface area contributed by atoms with Crippen molar-refractivity contribution in [2.24, 2.45) is 0 Å². The predicted octanol–water partition coefficient (Wildman–Crippen LogP) is 2.55. The Morgan fingerprint density at radius 1 is 0.952 bits per heavy atom. The summed E-state index contributed by atoms with van der Waals surface area (Å²) >= 11 is 11.4. The van der Waals surface area contributed by atoms with E-state index in [2.05, 4.69) is 0 Å². The maximum atomic E-state index is 12.2. The van der Waals surface area contributed by atoms with Crippen molar-refractivity contribution in [3.8, 4) is 0 Å². The second-order valence-corrected chi connectivity index (χ2v) is 6.19. The van der Waals surface area contributed by atoms with E-state index in [9.17, 15) is 13.2 Å². The maximum absolute atomic E-state index is 12.2. The number of hydrogen-bond donors (Lipinski definition) is 1. The SMILES string of the molecule is O=C(c1ccc(Cl)cc1)c1ccc(Cl)c(S(=O)(=O)O)c1.[BaH2]. The van der Waals surface area contributed by atoms with Crippen molar-refractivity contribution >= 4 is 88.0 Å².